The molecule has 0 spiro atoms. The van der Waals surface area contributed by atoms with Crippen LogP contribution in [-0.4, -0.2) is 17.6 Å². The number of hydrogen-bond acceptors (Lipinski definition) is 3. The van der Waals surface area contributed by atoms with Crippen LogP contribution in [0.15, 0.2) is 18.2 Å². The van der Waals surface area contributed by atoms with Gasteiger partial charge in [0.05, 0.1) is 16.9 Å². The summed E-state index contributed by atoms with van der Waals surface area (Å²) in [4.78, 5) is 11.0. The van der Waals surface area contributed by atoms with Crippen LogP contribution >= 0.6 is 0 Å². The third-order valence-electron chi connectivity index (χ3n) is 4.14. The van der Waals surface area contributed by atoms with Gasteiger partial charge in [-0.2, -0.15) is 0 Å². The van der Waals surface area contributed by atoms with Gasteiger partial charge in [0.25, 0.3) is 0 Å². The highest BCUT2D eigenvalue weighted by atomic mass is 16.4. The van der Waals surface area contributed by atoms with E-state index in [9.17, 15) is 4.79 Å². The van der Waals surface area contributed by atoms with Crippen molar-refractivity contribution < 1.29 is 9.90 Å². The Bertz CT molecular complexity index is 459. The molecule has 0 saturated heterocycles. The lowest BCUT2D eigenvalue weighted by Crippen LogP contribution is -2.24. The topological polar surface area (TPSA) is 75.3 Å². The average molecular weight is 262 g/mol. The highest BCUT2D eigenvalue weighted by Crippen LogP contribution is 2.30. The number of hydrogen-bond donors (Lipinski definition) is 3. The second-order valence-corrected chi connectivity index (χ2v) is 5.51. The van der Waals surface area contributed by atoms with Crippen molar-refractivity contribution in [3.8, 4) is 0 Å². The van der Waals surface area contributed by atoms with Crippen LogP contribution in [-0.2, 0) is 0 Å². The summed E-state index contributed by atoms with van der Waals surface area (Å²) < 4.78 is 0. The Morgan fingerprint density at radius 3 is 2.84 bits per heavy atom. The molecular weight excluding hydrogens is 240 g/mol. The van der Waals surface area contributed by atoms with Gasteiger partial charge in [-0.15, -0.1) is 0 Å². The summed E-state index contributed by atoms with van der Waals surface area (Å²) in [6, 6.07) is 4.80. The summed E-state index contributed by atoms with van der Waals surface area (Å²) in [5, 5.41) is 12.3. The summed E-state index contributed by atoms with van der Waals surface area (Å²) in [5.74, 6) is 0.459. The number of anilines is 2. The van der Waals surface area contributed by atoms with E-state index in [0.29, 0.717) is 11.6 Å². The minimum atomic E-state index is -0.922. The van der Waals surface area contributed by atoms with Crippen molar-refractivity contribution in [1.29, 1.82) is 0 Å². The molecule has 4 N–H and O–H groups in total. The molecule has 0 radical (unpaired) electrons. The van der Waals surface area contributed by atoms with Crippen molar-refractivity contribution in [2.75, 3.05) is 17.6 Å². The Hall–Kier alpha value is -1.71. The summed E-state index contributed by atoms with van der Waals surface area (Å²) in [5.41, 5.74) is 7.50. The maximum absolute atomic E-state index is 11.0. The van der Waals surface area contributed by atoms with Crippen molar-refractivity contribution in [1.82, 2.24) is 0 Å². The highest BCUT2D eigenvalue weighted by molar-refractivity contribution is 5.90. The predicted octanol–water partition coefficient (Wildman–Crippen LogP) is 3.21. The molecule has 1 aliphatic rings. The molecule has 104 valence electrons. The maximum Gasteiger partial charge on any atom is 0.335 e. The van der Waals surface area contributed by atoms with E-state index >= 15 is 0 Å². The number of benzene rings is 1. The lowest BCUT2D eigenvalue weighted by atomic mass is 9.80. The van der Waals surface area contributed by atoms with E-state index in [1.807, 2.05) is 0 Å². The highest BCUT2D eigenvalue weighted by Gasteiger charge is 2.21. The van der Waals surface area contributed by atoms with Crippen LogP contribution in [0, 0.1) is 11.8 Å². The van der Waals surface area contributed by atoms with E-state index < -0.39 is 5.97 Å². The van der Waals surface area contributed by atoms with Crippen LogP contribution in [0.4, 0.5) is 11.4 Å². The Morgan fingerprint density at radius 2 is 2.16 bits per heavy atom. The standard InChI is InChI=1S/C15H22N2O2/c1-10-4-2-3-5-12(10)9-17-14-8-11(15(18)19)6-7-13(14)16/h6-8,10,12,17H,2-5,9,16H2,1H3,(H,18,19). The van der Waals surface area contributed by atoms with Crippen molar-refractivity contribution in [3.05, 3.63) is 23.8 Å². The van der Waals surface area contributed by atoms with Gasteiger partial charge >= 0.3 is 5.97 Å². The van der Waals surface area contributed by atoms with Gasteiger partial charge in [-0.1, -0.05) is 26.2 Å². The van der Waals surface area contributed by atoms with Gasteiger partial charge in [-0.25, -0.2) is 4.79 Å². The maximum atomic E-state index is 11.0. The molecule has 2 atom stereocenters. The second-order valence-electron chi connectivity index (χ2n) is 5.51. The predicted molar refractivity (Wildman–Crippen MR) is 77.4 cm³/mol. The van der Waals surface area contributed by atoms with Gasteiger partial charge in [-0.05, 0) is 36.5 Å². The first-order valence-corrected chi connectivity index (χ1v) is 6.94. The minimum absolute atomic E-state index is 0.272. The molecule has 1 aromatic carbocycles. The van der Waals surface area contributed by atoms with Gasteiger partial charge in [0.15, 0.2) is 0 Å². The number of carbonyl (C=O) groups is 1. The zero-order valence-corrected chi connectivity index (χ0v) is 11.4. The molecule has 2 unspecified atom stereocenters. The summed E-state index contributed by atoms with van der Waals surface area (Å²) in [6.07, 6.45) is 5.15. The molecule has 4 heteroatoms. The molecule has 19 heavy (non-hydrogen) atoms. The van der Waals surface area contributed by atoms with E-state index in [1.165, 1.54) is 31.7 Å². The minimum Gasteiger partial charge on any atom is -0.478 e. The van der Waals surface area contributed by atoms with Gasteiger partial charge < -0.3 is 16.2 Å². The van der Waals surface area contributed by atoms with Crippen molar-refractivity contribution >= 4 is 17.3 Å². The molecule has 0 aromatic heterocycles. The molecular formula is C15H22N2O2. The van der Waals surface area contributed by atoms with Crippen LogP contribution in [0.25, 0.3) is 0 Å². The number of nitrogen functional groups attached to an aromatic ring is 1. The third kappa shape index (κ3) is 3.40. The normalized spacial score (nSPS) is 23.0. The summed E-state index contributed by atoms with van der Waals surface area (Å²) in [6.45, 7) is 3.16. The van der Waals surface area contributed by atoms with Gasteiger partial charge in [0.2, 0.25) is 0 Å². The number of rotatable bonds is 4. The molecule has 0 bridgehead atoms. The molecule has 1 fully saturated rings. The quantitative estimate of drug-likeness (QED) is 0.728. The Morgan fingerprint density at radius 1 is 1.42 bits per heavy atom. The fourth-order valence-electron chi connectivity index (χ4n) is 2.78. The Labute approximate surface area is 114 Å². The molecule has 0 amide bonds. The Balaban J connectivity index is 2.02. The first kappa shape index (κ1) is 13.7. The van der Waals surface area contributed by atoms with E-state index in [2.05, 4.69) is 12.2 Å². The van der Waals surface area contributed by atoms with Crippen LogP contribution in [0.1, 0.15) is 43.0 Å². The average Bonchev–Trinajstić information content (AvgIpc) is 2.39. The van der Waals surface area contributed by atoms with Gasteiger partial charge in [-0.3, -0.25) is 0 Å². The van der Waals surface area contributed by atoms with E-state index in [4.69, 9.17) is 10.8 Å². The van der Waals surface area contributed by atoms with Gasteiger partial charge in [0.1, 0.15) is 0 Å². The summed E-state index contributed by atoms with van der Waals surface area (Å²) >= 11 is 0. The smallest absolute Gasteiger partial charge is 0.335 e. The zero-order chi connectivity index (χ0) is 13.8. The fourth-order valence-corrected chi connectivity index (χ4v) is 2.78. The zero-order valence-electron chi connectivity index (χ0n) is 11.4. The molecule has 0 aliphatic heterocycles. The Kier molecular flexibility index (Phi) is 4.30. The second kappa shape index (κ2) is 5.95. The molecule has 4 nitrogen and oxygen atoms in total. The summed E-state index contributed by atoms with van der Waals surface area (Å²) in [7, 11) is 0. The van der Waals surface area contributed by atoms with E-state index in [-0.39, 0.29) is 5.56 Å². The van der Waals surface area contributed by atoms with E-state index in [0.717, 1.165) is 18.2 Å². The lowest BCUT2D eigenvalue weighted by Gasteiger charge is -2.29. The van der Waals surface area contributed by atoms with Crippen molar-refractivity contribution in [2.24, 2.45) is 11.8 Å². The first-order chi connectivity index (χ1) is 9.08. The number of carboxylic acids is 1. The van der Waals surface area contributed by atoms with Crippen LogP contribution in [0.3, 0.4) is 0 Å². The molecule has 1 aromatic rings. The van der Waals surface area contributed by atoms with Crippen LogP contribution in [0.2, 0.25) is 0 Å². The monoisotopic (exact) mass is 262 g/mol. The van der Waals surface area contributed by atoms with E-state index in [1.54, 1.807) is 12.1 Å². The molecule has 0 heterocycles. The molecule has 1 saturated carbocycles. The van der Waals surface area contributed by atoms with Crippen molar-refractivity contribution in [3.63, 3.8) is 0 Å². The number of nitrogens with two attached hydrogens (primary N) is 1. The first-order valence-electron chi connectivity index (χ1n) is 6.94. The largest absolute Gasteiger partial charge is 0.478 e. The fraction of sp³-hybridized carbons (Fsp3) is 0.533. The van der Waals surface area contributed by atoms with Crippen LogP contribution < -0.4 is 11.1 Å². The number of nitrogens with one attached hydrogen (secondary N) is 1. The molecule has 2 rings (SSSR count). The van der Waals surface area contributed by atoms with Crippen molar-refractivity contribution in [2.45, 2.75) is 32.6 Å². The SMILES string of the molecule is CC1CCCCC1CNc1cc(C(=O)O)ccc1N. The number of carboxylic acid groups (broad SMARTS) is 1. The third-order valence-corrected chi connectivity index (χ3v) is 4.14. The molecule has 1 aliphatic carbocycles. The number of aromatic carboxylic acids is 1. The van der Waals surface area contributed by atoms with Crippen LogP contribution in [0.5, 0.6) is 0 Å². The lowest BCUT2D eigenvalue weighted by molar-refractivity contribution is 0.0697. The van der Waals surface area contributed by atoms with Gasteiger partial charge in [0, 0.05) is 6.54 Å².